The van der Waals surface area contributed by atoms with Crippen molar-refractivity contribution in [3.63, 3.8) is 0 Å². The van der Waals surface area contributed by atoms with Gasteiger partial charge < -0.3 is 9.53 Å². The maximum Gasteiger partial charge on any atom is 0.126 e. The number of carbonyl (C=O) groups is 1. The quantitative estimate of drug-likeness (QED) is 0.310. The van der Waals surface area contributed by atoms with Gasteiger partial charge in [-0.3, -0.25) is 0 Å². The van der Waals surface area contributed by atoms with Crippen molar-refractivity contribution in [1.82, 2.24) is 0 Å². The lowest BCUT2D eigenvalue weighted by Crippen LogP contribution is -2.21. The van der Waals surface area contributed by atoms with Crippen molar-refractivity contribution in [3.05, 3.63) is 71.3 Å². The van der Waals surface area contributed by atoms with Crippen LogP contribution in [0.15, 0.2) is 59.5 Å². The predicted molar refractivity (Wildman–Crippen MR) is 118 cm³/mol. The molecule has 0 amide bonds. The lowest BCUT2D eigenvalue weighted by Gasteiger charge is -2.25. The number of aryl methyl sites for hydroxylation is 1. The molecule has 27 heavy (non-hydrogen) atoms. The zero-order valence-electron chi connectivity index (χ0n) is 16.8. The van der Waals surface area contributed by atoms with Crippen LogP contribution in [0, 0.1) is 12.3 Å². The Hall–Kier alpha value is -2.13. The fourth-order valence-corrected chi connectivity index (χ4v) is 5.00. The van der Waals surface area contributed by atoms with Crippen molar-refractivity contribution in [2.45, 2.75) is 38.5 Å². The Bertz CT molecular complexity index is 821. The highest BCUT2D eigenvalue weighted by molar-refractivity contribution is 8.14. The van der Waals surface area contributed by atoms with Gasteiger partial charge in [-0.25, -0.2) is 0 Å². The van der Waals surface area contributed by atoms with E-state index in [4.69, 9.17) is 4.74 Å². The molecule has 2 nitrogen and oxygen atoms in total. The van der Waals surface area contributed by atoms with Crippen LogP contribution in [0.4, 0.5) is 0 Å². The monoisotopic (exact) mass is 382 g/mol. The Morgan fingerprint density at radius 2 is 1.89 bits per heavy atom. The third kappa shape index (κ3) is 5.93. The molecule has 0 radical (unpaired) electrons. The molecule has 0 saturated carbocycles. The van der Waals surface area contributed by atoms with Crippen molar-refractivity contribution in [1.29, 1.82) is 0 Å². The largest absolute Gasteiger partial charge is 0.497 e. The Labute approximate surface area is 166 Å². The number of rotatable bonds is 9. The molecular formula is C24H30O2S. The van der Waals surface area contributed by atoms with E-state index in [1.807, 2.05) is 32.1 Å². The standard InChI is InChI=1S/C24H30O2S/c1-6-7-14-24(3,17-25)18-27(5)23-13-8-19(2)15-21(23)16-20-9-11-22(26-4)12-10-20/h6-13,15,17H,5,14,16,18H2,1-4H3. The number of methoxy groups -OCH3 is 1. The summed E-state index contributed by atoms with van der Waals surface area (Å²) in [6.45, 7) is 6.13. The summed E-state index contributed by atoms with van der Waals surface area (Å²) < 4.78 is 5.25. The minimum absolute atomic E-state index is 0.245. The van der Waals surface area contributed by atoms with Crippen LogP contribution in [0.2, 0.25) is 0 Å². The van der Waals surface area contributed by atoms with Crippen molar-refractivity contribution >= 4 is 22.6 Å². The summed E-state index contributed by atoms with van der Waals surface area (Å²) in [6.07, 6.45) is 6.77. The minimum atomic E-state index is -0.375. The average molecular weight is 383 g/mol. The fourth-order valence-electron chi connectivity index (χ4n) is 3.10. The van der Waals surface area contributed by atoms with E-state index in [0.29, 0.717) is 0 Å². The van der Waals surface area contributed by atoms with E-state index in [9.17, 15) is 4.79 Å². The van der Waals surface area contributed by atoms with Gasteiger partial charge in [-0.15, -0.1) is 0 Å². The van der Waals surface area contributed by atoms with Crippen LogP contribution in [0.3, 0.4) is 0 Å². The Morgan fingerprint density at radius 3 is 2.48 bits per heavy atom. The second kappa shape index (κ2) is 9.70. The highest BCUT2D eigenvalue weighted by atomic mass is 32.2. The minimum Gasteiger partial charge on any atom is -0.497 e. The van der Waals surface area contributed by atoms with Crippen LogP contribution in [-0.4, -0.2) is 25.0 Å². The van der Waals surface area contributed by atoms with E-state index in [-0.39, 0.29) is 15.9 Å². The Kier molecular flexibility index (Phi) is 7.61. The van der Waals surface area contributed by atoms with Crippen molar-refractivity contribution in [2.75, 3.05) is 12.9 Å². The van der Waals surface area contributed by atoms with E-state index in [2.05, 4.69) is 49.2 Å². The number of carbonyl (C=O) groups excluding carboxylic acids is 1. The summed E-state index contributed by atoms with van der Waals surface area (Å²) in [4.78, 5) is 13.0. The topological polar surface area (TPSA) is 26.3 Å². The van der Waals surface area contributed by atoms with E-state index < -0.39 is 0 Å². The molecule has 2 unspecified atom stereocenters. The van der Waals surface area contributed by atoms with Crippen molar-refractivity contribution < 1.29 is 9.53 Å². The first-order valence-corrected chi connectivity index (χ1v) is 10.8. The summed E-state index contributed by atoms with van der Waals surface area (Å²) in [5, 5.41) is 0. The number of hydrogen-bond acceptors (Lipinski definition) is 2. The normalized spacial score (nSPS) is 14.7. The zero-order valence-corrected chi connectivity index (χ0v) is 17.6. The summed E-state index contributed by atoms with van der Waals surface area (Å²) in [5.74, 6) is 6.06. The summed E-state index contributed by atoms with van der Waals surface area (Å²) >= 11 is 0. The molecule has 144 valence electrons. The first kappa shape index (κ1) is 21.2. The molecule has 2 aromatic carbocycles. The van der Waals surface area contributed by atoms with Gasteiger partial charge in [0.15, 0.2) is 0 Å². The van der Waals surface area contributed by atoms with Crippen LogP contribution in [0.25, 0.3) is 0 Å². The lowest BCUT2D eigenvalue weighted by atomic mass is 9.91. The van der Waals surface area contributed by atoms with Crippen LogP contribution in [0.1, 0.15) is 37.0 Å². The summed E-state index contributed by atoms with van der Waals surface area (Å²) in [6, 6.07) is 14.8. The molecule has 0 N–H and O–H groups in total. The second-order valence-electron chi connectivity index (χ2n) is 7.32. The molecule has 0 spiro atoms. The molecule has 2 aromatic rings. The maximum atomic E-state index is 11.7. The van der Waals surface area contributed by atoms with Crippen LogP contribution in [0.5, 0.6) is 5.75 Å². The van der Waals surface area contributed by atoms with Gasteiger partial charge in [0.05, 0.1) is 7.11 Å². The third-order valence-corrected chi connectivity index (χ3v) is 6.72. The molecule has 0 fully saturated rings. The molecular weight excluding hydrogens is 352 g/mol. The van der Waals surface area contributed by atoms with Crippen molar-refractivity contribution in [2.24, 2.45) is 5.41 Å². The van der Waals surface area contributed by atoms with Gasteiger partial charge in [-0.1, -0.05) is 54.8 Å². The first-order valence-electron chi connectivity index (χ1n) is 9.21. The van der Waals surface area contributed by atoms with Gasteiger partial charge >= 0.3 is 0 Å². The summed E-state index contributed by atoms with van der Waals surface area (Å²) in [5.41, 5.74) is 3.40. The number of ether oxygens (including phenoxy) is 1. The maximum absolute atomic E-state index is 11.7. The number of allylic oxidation sites excluding steroid dienone is 2. The first-order chi connectivity index (χ1) is 12.9. The van der Waals surface area contributed by atoms with Crippen LogP contribution < -0.4 is 4.74 Å². The van der Waals surface area contributed by atoms with E-state index in [1.54, 1.807) is 7.11 Å². The highest BCUT2D eigenvalue weighted by Crippen LogP contribution is 2.37. The van der Waals surface area contributed by atoms with E-state index in [1.165, 1.54) is 21.6 Å². The molecule has 0 heterocycles. The smallest absolute Gasteiger partial charge is 0.126 e. The number of aldehydes is 1. The molecule has 2 rings (SSSR count). The predicted octanol–water partition coefficient (Wildman–Crippen LogP) is 5.83. The molecule has 3 heteroatoms. The molecule has 0 aliphatic heterocycles. The van der Waals surface area contributed by atoms with Crippen molar-refractivity contribution in [3.8, 4) is 5.75 Å². The van der Waals surface area contributed by atoms with Gasteiger partial charge in [0, 0.05) is 16.1 Å². The van der Waals surface area contributed by atoms with Gasteiger partial charge in [-0.05, 0) is 56.0 Å². The second-order valence-corrected chi connectivity index (χ2v) is 9.03. The molecule has 0 saturated heterocycles. The average Bonchev–Trinajstić information content (AvgIpc) is 2.67. The Balaban J connectivity index is 2.28. The summed E-state index contributed by atoms with van der Waals surface area (Å²) in [7, 11) is 1.43. The number of benzene rings is 2. The Morgan fingerprint density at radius 1 is 1.19 bits per heavy atom. The fraction of sp³-hybridized carbons (Fsp3) is 0.333. The third-order valence-electron chi connectivity index (χ3n) is 4.69. The van der Waals surface area contributed by atoms with Gasteiger partial charge in [0.25, 0.3) is 0 Å². The highest BCUT2D eigenvalue weighted by Gasteiger charge is 2.24. The van der Waals surface area contributed by atoms with E-state index in [0.717, 1.165) is 30.6 Å². The molecule has 0 aliphatic rings. The van der Waals surface area contributed by atoms with E-state index >= 15 is 0 Å². The van der Waals surface area contributed by atoms with Gasteiger partial charge in [0.1, 0.15) is 12.0 Å². The van der Waals surface area contributed by atoms with Gasteiger partial charge in [-0.2, -0.15) is 10.5 Å². The molecule has 0 aliphatic carbocycles. The van der Waals surface area contributed by atoms with Gasteiger partial charge in [0.2, 0.25) is 0 Å². The molecule has 0 aromatic heterocycles. The molecule has 0 bridgehead atoms. The zero-order chi connectivity index (χ0) is 19.9. The molecule has 2 atom stereocenters. The van der Waals surface area contributed by atoms with Crippen LogP contribution >= 0.6 is 10.5 Å². The van der Waals surface area contributed by atoms with Crippen LogP contribution in [-0.2, 0) is 11.2 Å². The lowest BCUT2D eigenvalue weighted by molar-refractivity contribution is -0.114. The SMILES string of the molecule is C=S(CC(C)(C=O)CC=CC)c1ccc(C)cc1Cc1ccc(OC)cc1. The number of hydrogen-bond donors (Lipinski definition) is 0.